The molecule has 0 spiro atoms. The van der Waals surface area contributed by atoms with E-state index < -0.39 is 18.1 Å². The number of urea groups is 1. The summed E-state index contributed by atoms with van der Waals surface area (Å²) >= 11 is 0. The van der Waals surface area contributed by atoms with Gasteiger partial charge >= 0.3 is 6.03 Å². The largest absolute Gasteiger partial charge is 0.361 e. The first kappa shape index (κ1) is 26.9. The van der Waals surface area contributed by atoms with Crippen LogP contribution >= 0.6 is 0 Å². The Morgan fingerprint density at radius 2 is 1.84 bits per heavy atom. The molecule has 2 aliphatic rings. The third kappa shape index (κ3) is 5.80. The van der Waals surface area contributed by atoms with E-state index in [-0.39, 0.29) is 17.8 Å². The fourth-order valence-electron chi connectivity index (χ4n) is 5.19. The number of sulfonamides is 1. The van der Waals surface area contributed by atoms with Crippen LogP contribution in [0, 0.1) is 0 Å². The maximum Gasteiger partial charge on any atom is 0.322 e. The highest BCUT2D eigenvalue weighted by molar-refractivity contribution is 7.88. The predicted octanol–water partition coefficient (Wildman–Crippen LogP) is 4.37. The molecule has 0 atom stereocenters. The van der Waals surface area contributed by atoms with E-state index in [2.05, 4.69) is 25.0 Å². The molecule has 38 heavy (non-hydrogen) atoms. The van der Waals surface area contributed by atoms with Crippen molar-refractivity contribution in [2.24, 2.45) is 0 Å². The van der Waals surface area contributed by atoms with Crippen LogP contribution in [0.15, 0.2) is 48.8 Å². The Bertz CT molecular complexity index is 1400. The van der Waals surface area contributed by atoms with E-state index in [1.54, 1.807) is 4.31 Å². The van der Waals surface area contributed by atoms with Gasteiger partial charge in [0.25, 0.3) is 0 Å². The quantitative estimate of drug-likeness (QED) is 0.312. The Labute approximate surface area is 225 Å². The van der Waals surface area contributed by atoms with Crippen molar-refractivity contribution in [2.75, 3.05) is 24.6 Å². The van der Waals surface area contributed by atoms with Crippen molar-refractivity contribution in [3.63, 3.8) is 0 Å². The molecule has 0 saturated carbocycles. The number of hydrogen-bond acceptors (Lipinski definition) is 5. The van der Waals surface area contributed by atoms with Crippen LogP contribution in [0.4, 0.5) is 10.5 Å². The molecule has 0 bridgehead atoms. The van der Waals surface area contributed by atoms with E-state index in [9.17, 15) is 13.2 Å². The van der Waals surface area contributed by atoms with E-state index in [1.807, 2.05) is 58.3 Å². The van der Waals surface area contributed by atoms with Crippen LogP contribution in [0.1, 0.15) is 24.0 Å². The number of aromatic nitrogens is 2. The second-order valence-electron chi connectivity index (χ2n) is 11.4. The van der Waals surface area contributed by atoms with Gasteiger partial charge in [-0.1, -0.05) is 50.0 Å². The summed E-state index contributed by atoms with van der Waals surface area (Å²) in [6.45, 7) is 9.34. The summed E-state index contributed by atoms with van der Waals surface area (Å²) in [5, 5.41) is 3.90. The molecule has 0 radical (unpaired) electrons. The summed E-state index contributed by atoms with van der Waals surface area (Å²) in [4.78, 5) is 19.7. The van der Waals surface area contributed by atoms with Gasteiger partial charge < -0.3 is 14.6 Å². The standard InChI is InChI=1S/C27H37N5O4SSi/c1-38(2,3)16-15-36-20-30-12-11-24-25-22(17-28-26(24)30)18-29-27(33)32(25)23-9-13-31(14-10-23)37(34,35)19-21-7-5-4-6-8-21/h4-8,11-12,17,23H,9-10,13-16,18-20H2,1-3H3,(H,29,33). The summed E-state index contributed by atoms with van der Waals surface area (Å²) < 4.78 is 35.6. The average molecular weight is 556 g/mol. The zero-order chi connectivity index (χ0) is 26.9. The first-order valence-corrected chi connectivity index (χ1v) is 18.6. The maximum atomic E-state index is 13.2. The van der Waals surface area contributed by atoms with E-state index >= 15 is 0 Å². The van der Waals surface area contributed by atoms with Gasteiger partial charge in [-0.05, 0) is 30.5 Å². The van der Waals surface area contributed by atoms with Gasteiger partial charge in [0.15, 0.2) is 0 Å². The number of anilines is 1. The molecule has 1 aromatic carbocycles. The number of benzene rings is 1. The molecule has 1 N–H and O–H groups in total. The monoisotopic (exact) mass is 555 g/mol. The molecule has 5 rings (SSSR count). The first-order valence-electron chi connectivity index (χ1n) is 13.3. The third-order valence-electron chi connectivity index (χ3n) is 7.33. The van der Waals surface area contributed by atoms with Crippen LogP contribution in [-0.4, -0.2) is 62.1 Å². The minimum absolute atomic E-state index is 0.00857. The molecule has 3 aromatic rings. The number of hydrogen-bond donors (Lipinski definition) is 1. The van der Waals surface area contributed by atoms with Gasteiger partial charge in [-0.25, -0.2) is 22.5 Å². The summed E-state index contributed by atoms with van der Waals surface area (Å²) in [5.74, 6) is -0.00857. The number of nitrogens with one attached hydrogen (secondary N) is 1. The van der Waals surface area contributed by atoms with Crippen molar-refractivity contribution < 1.29 is 17.9 Å². The SMILES string of the molecule is C[Si](C)(C)CCOCn1ccc2c3c(cnc21)CNC(=O)N3C1CCN(S(=O)(=O)Cc2ccccc2)CC1. The fourth-order valence-corrected chi connectivity index (χ4v) is 7.51. The molecule has 4 heterocycles. The molecule has 0 aliphatic carbocycles. The number of pyridine rings is 1. The highest BCUT2D eigenvalue weighted by Gasteiger charge is 2.37. The summed E-state index contributed by atoms with van der Waals surface area (Å²) in [5.41, 5.74) is 3.42. The topological polar surface area (TPSA) is 96.8 Å². The lowest BCUT2D eigenvalue weighted by molar-refractivity contribution is 0.0899. The summed E-state index contributed by atoms with van der Waals surface area (Å²) in [7, 11) is -4.59. The Morgan fingerprint density at radius 3 is 2.55 bits per heavy atom. The highest BCUT2D eigenvalue weighted by atomic mass is 32.2. The van der Waals surface area contributed by atoms with Gasteiger partial charge in [-0.3, -0.25) is 4.90 Å². The lowest BCUT2D eigenvalue weighted by atomic mass is 10.0. The Morgan fingerprint density at radius 1 is 1.11 bits per heavy atom. The van der Waals surface area contributed by atoms with Crippen molar-refractivity contribution in [2.45, 2.75) is 63.6 Å². The lowest BCUT2D eigenvalue weighted by Crippen LogP contribution is -2.54. The Hall–Kier alpha value is -2.73. The van der Waals surface area contributed by atoms with Crippen molar-refractivity contribution in [3.05, 3.63) is 59.9 Å². The van der Waals surface area contributed by atoms with E-state index in [0.717, 1.165) is 40.5 Å². The minimum Gasteiger partial charge on any atom is -0.361 e. The number of piperidine rings is 1. The zero-order valence-corrected chi connectivity index (χ0v) is 24.2. The summed E-state index contributed by atoms with van der Waals surface area (Å²) in [6.07, 6.45) is 4.95. The van der Waals surface area contributed by atoms with Crippen LogP contribution in [0.3, 0.4) is 0 Å². The van der Waals surface area contributed by atoms with Gasteiger partial charge in [-0.15, -0.1) is 0 Å². The molecule has 11 heteroatoms. The number of fused-ring (bicyclic) bond motifs is 3. The normalized spacial score (nSPS) is 17.6. The molecular formula is C27H37N5O4SSi. The van der Waals surface area contributed by atoms with Crippen LogP contribution in [0.5, 0.6) is 0 Å². The highest BCUT2D eigenvalue weighted by Crippen LogP contribution is 2.36. The van der Waals surface area contributed by atoms with Crippen LogP contribution in [-0.2, 0) is 33.8 Å². The molecule has 0 unspecified atom stereocenters. The van der Waals surface area contributed by atoms with Gasteiger partial charge in [0.1, 0.15) is 12.4 Å². The molecule has 2 aromatic heterocycles. The van der Waals surface area contributed by atoms with Gasteiger partial charge in [-0.2, -0.15) is 0 Å². The van der Waals surface area contributed by atoms with Gasteiger partial charge in [0.2, 0.25) is 10.0 Å². The third-order valence-corrected chi connectivity index (χ3v) is 10.9. The molecule has 1 saturated heterocycles. The molecule has 9 nitrogen and oxygen atoms in total. The first-order chi connectivity index (χ1) is 18.1. The fraction of sp³-hybridized carbons (Fsp3) is 0.481. The van der Waals surface area contributed by atoms with Gasteiger partial charge in [0.05, 0.1) is 11.4 Å². The number of rotatable bonds is 9. The molecule has 1 fully saturated rings. The van der Waals surface area contributed by atoms with Crippen molar-refractivity contribution in [3.8, 4) is 0 Å². The van der Waals surface area contributed by atoms with Crippen LogP contribution < -0.4 is 10.2 Å². The number of amides is 2. The van der Waals surface area contributed by atoms with Crippen molar-refractivity contribution >= 4 is 40.8 Å². The average Bonchev–Trinajstić information content (AvgIpc) is 3.30. The number of ether oxygens (including phenoxy) is 1. The summed E-state index contributed by atoms with van der Waals surface area (Å²) in [6, 6.07) is 12.1. The van der Waals surface area contributed by atoms with E-state index in [4.69, 9.17) is 9.72 Å². The smallest absolute Gasteiger partial charge is 0.322 e. The van der Waals surface area contributed by atoms with Gasteiger partial charge in [0, 0.05) is 63.7 Å². The van der Waals surface area contributed by atoms with Crippen LogP contribution in [0.25, 0.3) is 11.0 Å². The van der Waals surface area contributed by atoms with Crippen LogP contribution in [0.2, 0.25) is 25.7 Å². The number of nitrogens with zero attached hydrogens (tertiary/aromatic N) is 4. The van der Waals surface area contributed by atoms with Crippen molar-refractivity contribution in [1.82, 2.24) is 19.2 Å². The van der Waals surface area contributed by atoms with E-state index in [0.29, 0.717) is 39.2 Å². The second-order valence-corrected chi connectivity index (χ2v) is 19.0. The zero-order valence-electron chi connectivity index (χ0n) is 22.4. The molecule has 204 valence electrons. The Balaban J connectivity index is 1.32. The predicted molar refractivity (Wildman–Crippen MR) is 152 cm³/mol. The molecule has 2 amide bonds. The van der Waals surface area contributed by atoms with Crippen molar-refractivity contribution in [1.29, 1.82) is 0 Å². The minimum atomic E-state index is -3.43. The molecule has 2 aliphatic heterocycles. The number of carbonyl (C=O) groups excluding carboxylic acids is 1. The maximum absolute atomic E-state index is 13.2. The molecular weight excluding hydrogens is 518 g/mol. The second kappa shape index (κ2) is 10.8. The number of carbonyl (C=O) groups is 1. The van der Waals surface area contributed by atoms with E-state index in [1.165, 1.54) is 0 Å². The Kier molecular flexibility index (Phi) is 7.63. The lowest BCUT2D eigenvalue weighted by Gasteiger charge is -2.40.